The van der Waals surface area contributed by atoms with E-state index in [0.717, 1.165) is 47.7 Å². The van der Waals surface area contributed by atoms with Gasteiger partial charge >= 0.3 is 0 Å². The zero-order valence-electron chi connectivity index (χ0n) is 17.8. The summed E-state index contributed by atoms with van der Waals surface area (Å²) in [6, 6.07) is 20.9. The van der Waals surface area contributed by atoms with Crippen molar-refractivity contribution in [3.63, 3.8) is 0 Å². The molecular weight excluding hydrogens is 447 g/mol. The molecule has 0 unspecified atom stereocenters. The summed E-state index contributed by atoms with van der Waals surface area (Å²) in [5, 5.41) is 1.06. The molecule has 1 aromatic heterocycles. The van der Waals surface area contributed by atoms with Gasteiger partial charge in [0.1, 0.15) is 29.7 Å². The highest BCUT2D eigenvalue weighted by molar-refractivity contribution is 6.35. The molecular formula is C25H24Cl2N2O3. The first-order valence-corrected chi connectivity index (χ1v) is 11.2. The van der Waals surface area contributed by atoms with Crippen molar-refractivity contribution in [2.45, 2.75) is 26.0 Å². The van der Waals surface area contributed by atoms with E-state index in [0.29, 0.717) is 29.0 Å². The van der Waals surface area contributed by atoms with Crippen LogP contribution in [0.5, 0.6) is 17.2 Å². The summed E-state index contributed by atoms with van der Waals surface area (Å²) in [7, 11) is 1.65. The van der Waals surface area contributed by atoms with E-state index < -0.39 is 0 Å². The molecule has 4 aromatic rings. The van der Waals surface area contributed by atoms with E-state index >= 15 is 0 Å². The van der Waals surface area contributed by atoms with E-state index in [2.05, 4.69) is 10.6 Å². The Bertz CT molecular complexity index is 1180. The molecule has 1 heterocycles. The standard InChI is InChI=1S/C25H24Cl2N2O3/c1-30-19-9-11-20(12-10-19)31-15-5-4-14-29-23-7-3-2-6-22(23)28-25(29)17-32-24-13-8-18(26)16-21(24)27/h2-3,6-13,16H,4-5,14-15,17H2,1H3. The van der Waals surface area contributed by atoms with Crippen molar-refractivity contribution < 1.29 is 14.2 Å². The largest absolute Gasteiger partial charge is 0.497 e. The number of unbranched alkanes of at least 4 members (excludes halogenated alkanes) is 1. The van der Waals surface area contributed by atoms with Crippen LogP contribution >= 0.6 is 23.2 Å². The number of hydrogen-bond acceptors (Lipinski definition) is 4. The number of methoxy groups -OCH3 is 1. The first-order valence-electron chi connectivity index (χ1n) is 10.4. The number of fused-ring (bicyclic) bond motifs is 1. The summed E-state index contributed by atoms with van der Waals surface area (Å²) in [6.07, 6.45) is 1.87. The molecule has 4 rings (SSSR count). The van der Waals surface area contributed by atoms with Gasteiger partial charge in [-0.1, -0.05) is 35.3 Å². The number of halogens is 2. The fourth-order valence-corrected chi connectivity index (χ4v) is 3.92. The molecule has 5 nitrogen and oxygen atoms in total. The Labute approximate surface area is 197 Å². The number of aryl methyl sites for hydroxylation is 1. The minimum Gasteiger partial charge on any atom is -0.497 e. The highest BCUT2D eigenvalue weighted by atomic mass is 35.5. The second-order valence-electron chi connectivity index (χ2n) is 7.26. The fourth-order valence-electron chi connectivity index (χ4n) is 3.45. The molecule has 0 atom stereocenters. The van der Waals surface area contributed by atoms with Crippen LogP contribution in [0, 0.1) is 0 Å². The predicted octanol–water partition coefficient (Wildman–Crippen LogP) is 6.79. The first kappa shape index (κ1) is 22.3. The van der Waals surface area contributed by atoms with Crippen molar-refractivity contribution >= 4 is 34.2 Å². The molecule has 7 heteroatoms. The van der Waals surface area contributed by atoms with Crippen molar-refractivity contribution in [3.05, 3.63) is 82.6 Å². The highest BCUT2D eigenvalue weighted by Crippen LogP contribution is 2.28. The maximum atomic E-state index is 6.24. The van der Waals surface area contributed by atoms with Crippen molar-refractivity contribution in [3.8, 4) is 17.2 Å². The van der Waals surface area contributed by atoms with Crippen molar-refractivity contribution in [1.29, 1.82) is 0 Å². The summed E-state index contributed by atoms with van der Waals surface area (Å²) in [4.78, 5) is 4.76. The van der Waals surface area contributed by atoms with E-state index in [1.54, 1.807) is 25.3 Å². The Balaban J connectivity index is 1.37. The summed E-state index contributed by atoms with van der Waals surface area (Å²) < 4.78 is 19.2. The molecule has 0 saturated carbocycles. The third kappa shape index (κ3) is 5.47. The molecule has 0 N–H and O–H groups in total. The third-order valence-corrected chi connectivity index (χ3v) is 5.62. The van der Waals surface area contributed by atoms with Crippen molar-refractivity contribution in [2.24, 2.45) is 0 Å². The fraction of sp³-hybridized carbons (Fsp3) is 0.240. The van der Waals surface area contributed by atoms with Crippen LogP contribution in [0.4, 0.5) is 0 Å². The lowest BCUT2D eigenvalue weighted by Crippen LogP contribution is -2.09. The predicted molar refractivity (Wildman–Crippen MR) is 128 cm³/mol. The monoisotopic (exact) mass is 470 g/mol. The summed E-state index contributed by atoms with van der Waals surface area (Å²) >= 11 is 12.2. The SMILES string of the molecule is COc1ccc(OCCCCn2c(COc3ccc(Cl)cc3Cl)nc3ccccc32)cc1. The second-order valence-corrected chi connectivity index (χ2v) is 8.11. The van der Waals surface area contributed by atoms with E-state index in [-0.39, 0.29) is 0 Å². The van der Waals surface area contributed by atoms with Gasteiger partial charge in [-0.2, -0.15) is 0 Å². The molecule has 0 saturated heterocycles. The molecule has 0 aliphatic carbocycles. The number of rotatable bonds is 10. The van der Waals surface area contributed by atoms with Gasteiger partial charge in [-0.15, -0.1) is 0 Å². The molecule has 3 aromatic carbocycles. The minimum absolute atomic E-state index is 0.318. The highest BCUT2D eigenvalue weighted by Gasteiger charge is 2.12. The number of para-hydroxylation sites is 2. The molecule has 0 spiro atoms. The molecule has 0 aliphatic heterocycles. The third-order valence-electron chi connectivity index (χ3n) is 5.09. The van der Waals surface area contributed by atoms with Crippen LogP contribution in [0.15, 0.2) is 66.7 Å². The van der Waals surface area contributed by atoms with Gasteiger partial charge in [-0.05, 0) is 67.4 Å². The lowest BCUT2D eigenvalue weighted by Gasteiger charge is -2.12. The summed E-state index contributed by atoms with van der Waals surface area (Å²) in [5.41, 5.74) is 2.03. The molecule has 0 aliphatic rings. The number of aromatic nitrogens is 2. The second kappa shape index (κ2) is 10.6. The van der Waals surface area contributed by atoms with Crippen LogP contribution < -0.4 is 14.2 Å². The van der Waals surface area contributed by atoms with Crippen LogP contribution in [0.3, 0.4) is 0 Å². The normalized spacial score (nSPS) is 11.0. The van der Waals surface area contributed by atoms with Crippen LogP contribution in [-0.2, 0) is 13.2 Å². The van der Waals surface area contributed by atoms with Gasteiger partial charge in [0.25, 0.3) is 0 Å². The quantitative estimate of drug-likeness (QED) is 0.239. The summed E-state index contributed by atoms with van der Waals surface area (Å²) in [5.74, 6) is 3.10. The number of imidazole rings is 1. The topological polar surface area (TPSA) is 45.5 Å². The molecule has 0 fully saturated rings. The van der Waals surface area contributed by atoms with Crippen LogP contribution in [0.25, 0.3) is 11.0 Å². The Morgan fingerprint density at radius 1 is 0.875 bits per heavy atom. The van der Waals surface area contributed by atoms with Crippen LogP contribution in [0.2, 0.25) is 10.0 Å². The number of benzene rings is 3. The lowest BCUT2D eigenvalue weighted by atomic mass is 10.3. The molecule has 0 radical (unpaired) electrons. The maximum absolute atomic E-state index is 6.24. The molecule has 0 amide bonds. The van der Waals surface area contributed by atoms with Gasteiger partial charge in [-0.25, -0.2) is 4.98 Å². The average Bonchev–Trinajstić information content (AvgIpc) is 3.16. The Hall–Kier alpha value is -2.89. The molecule has 166 valence electrons. The number of ether oxygens (including phenoxy) is 3. The van der Waals surface area contributed by atoms with Gasteiger partial charge in [0.15, 0.2) is 0 Å². The van der Waals surface area contributed by atoms with Gasteiger partial charge in [0.05, 0.1) is 29.8 Å². The number of hydrogen-bond donors (Lipinski definition) is 0. The molecule has 0 bridgehead atoms. The summed E-state index contributed by atoms with van der Waals surface area (Å²) in [6.45, 7) is 1.78. The Morgan fingerprint density at radius 3 is 2.44 bits per heavy atom. The molecule has 32 heavy (non-hydrogen) atoms. The lowest BCUT2D eigenvalue weighted by molar-refractivity contribution is 0.285. The van der Waals surface area contributed by atoms with Crippen LogP contribution in [0.1, 0.15) is 18.7 Å². The van der Waals surface area contributed by atoms with E-state index in [1.807, 2.05) is 42.5 Å². The van der Waals surface area contributed by atoms with E-state index in [4.69, 9.17) is 42.4 Å². The van der Waals surface area contributed by atoms with Gasteiger partial charge in [0, 0.05) is 11.6 Å². The zero-order chi connectivity index (χ0) is 22.3. The van der Waals surface area contributed by atoms with E-state index in [9.17, 15) is 0 Å². The maximum Gasteiger partial charge on any atom is 0.147 e. The van der Waals surface area contributed by atoms with Gasteiger partial charge < -0.3 is 18.8 Å². The van der Waals surface area contributed by atoms with Crippen molar-refractivity contribution in [2.75, 3.05) is 13.7 Å². The zero-order valence-corrected chi connectivity index (χ0v) is 19.3. The number of nitrogens with zero attached hydrogens (tertiary/aromatic N) is 2. The minimum atomic E-state index is 0.318. The van der Waals surface area contributed by atoms with Gasteiger partial charge in [-0.3, -0.25) is 0 Å². The Morgan fingerprint density at radius 2 is 1.66 bits per heavy atom. The smallest absolute Gasteiger partial charge is 0.147 e. The first-order chi connectivity index (χ1) is 15.6. The van der Waals surface area contributed by atoms with Gasteiger partial charge in [0.2, 0.25) is 0 Å². The van der Waals surface area contributed by atoms with Crippen LogP contribution in [-0.4, -0.2) is 23.3 Å². The average molecular weight is 471 g/mol. The van der Waals surface area contributed by atoms with Crippen molar-refractivity contribution in [1.82, 2.24) is 9.55 Å². The van der Waals surface area contributed by atoms with E-state index in [1.165, 1.54) is 0 Å². The Kier molecular flexibility index (Phi) is 7.40.